The van der Waals surface area contributed by atoms with Crippen molar-refractivity contribution in [2.75, 3.05) is 18.5 Å². The number of fused-ring (bicyclic) bond motifs is 3. The second-order valence-corrected chi connectivity index (χ2v) is 13.7. The van der Waals surface area contributed by atoms with Crippen LogP contribution in [0.5, 0.6) is 0 Å². The minimum absolute atomic E-state index is 0.0773. The van der Waals surface area contributed by atoms with E-state index in [2.05, 4.69) is 21.3 Å². The summed E-state index contributed by atoms with van der Waals surface area (Å²) < 4.78 is 11.0. The summed E-state index contributed by atoms with van der Waals surface area (Å²) in [5, 5.41) is 20.2. The standard InChI is InChI=1S/C38H47N5O8/c1-23(34(45)46)20-26(42-37(49)51-38(2,3)4)21-24-15-17-25(18-16-24)41-33(44)32(14-9-19-40-35(39)47)43-36(48)50-22-31-29-12-7-5-10-27(29)28-11-6-8-13-30(28)31/h5-8,10-13,15-18,23,26,31-32H,9,14,19-22H2,1-4H3,(H,41,44)(H,42,49)(H,43,48)(H,45,46)(H3,39,40,47)/t23?,26-,32+/m1/s1. The smallest absolute Gasteiger partial charge is 0.407 e. The monoisotopic (exact) mass is 701 g/mol. The molecular formula is C38H47N5O8. The molecule has 7 N–H and O–H groups in total. The Hall–Kier alpha value is -5.59. The predicted octanol–water partition coefficient (Wildman–Crippen LogP) is 5.53. The molecule has 1 aliphatic rings. The van der Waals surface area contributed by atoms with Crippen LogP contribution in [0, 0.1) is 5.92 Å². The van der Waals surface area contributed by atoms with E-state index in [9.17, 15) is 29.1 Å². The molecule has 0 bridgehead atoms. The van der Waals surface area contributed by atoms with E-state index in [1.54, 1.807) is 52.0 Å². The summed E-state index contributed by atoms with van der Waals surface area (Å²) >= 11 is 0. The van der Waals surface area contributed by atoms with E-state index in [1.807, 2.05) is 48.5 Å². The molecule has 0 heterocycles. The summed E-state index contributed by atoms with van der Waals surface area (Å²) in [6.45, 7) is 7.08. The predicted molar refractivity (Wildman–Crippen MR) is 192 cm³/mol. The van der Waals surface area contributed by atoms with Crippen LogP contribution in [0.3, 0.4) is 0 Å². The first kappa shape index (κ1) is 38.2. The van der Waals surface area contributed by atoms with Crippen LogP contribution in [0.15, 0.2) is 72.8 Å². The van der Waals surface area contributed by atoms with Crippen LogP contribution in [-0.4, -0.2) is 66.0 Å². The lowest BCUT2D eigenvalue weighted by Crippen LogP contribution is -2.44. The molecule has 0 saturated heterocycles. The Morgan fingerprint density at radius 1 is 0.863 bits per heavy atom. The van der Waals surface area contributed by atoms with E-state index < -0.39 is 53.7 Å². The molecule has 4 rings (SSSR count). The number of alkyl carbamates (subject to hydrolysis) is 2. The fourth-order valence-corrected chi connectivity index (χ4v) is 6.00. The number of anilines is 1. The van der Waals surface area contributed by atoms with Crippen LogP contribution < -0.4 is 27.0 Å². The number of nitrogens with one attached hydrogen (secondary N) is 4. The molecule has 5 amide bonds. The molecule has 0 aliphatic heterocycles. The van der Waals surface area contributed by atoms with Crippen LogP contribution in [0.1, 0.15) is 69.6 Å². The first-order valence-electron chi connectivity index (χ1n) is 17.0. The Labute approximate surface area is 297 Å². The average Bonchev–Trinajstić information content (AvgIpc) is 3.38. The van der Waals surface area contributed by atoms with Gasteiger partial charge in [-0.1, -0.05) is 67.6 Å². The molecule has 3 aromatic rings. The van der Waals surface area contributed by atoms with Gasteiger partial charge < -0.3 is 41.6 Å². The topological polar surface area (TPSA) is 198 Å². The fraction of sp³-hybridized carbons (Fsp3) is 0.395. The van der Waals surface area contributed by atoms with Gasteiger partial charge in [-0.2, -0.15) is 0 Å². The molecule has 0 fully saturated rings. The maximum absolute atomic E-state index is 13.4. The van der Waals surface area contributed by atoms with Gasteiger partial charge in [0.15, 0.2) is 0 Å². The van der Waals surface area contributed by atoms with E-state index in [1.165, 1.54) is 0 Å². The molecule has 3 aromatic carbocycles. The maximum Gasteiger partial charge on any atom is 0.407 e. The number of benzene rings is 3. The number of rotatable bonds is 15. The van der Waals surface area contributed by atoms with Crippen molar-refractivity contribution in [3.05, 3.63) is 89.5 Å². The first-order chi connectivity index (χ1) is 24.2. The lowest BCUT2D eigenvalue weighted by Gasteiger charge is -2.25. The lowest BCUT2D eigenvalue weighted by atomic mass is 9.96. The van der Waals surface area contributed by atoms with Crippen LogP contribution in [0.4, 0.5) is 20.1 Å². The van der Waals surface area contributed by atoms with Crippen molar-refractivity contribution in [1.82, 2.24) is 16.0 Å². The van der Waals surface area contributed by atoms with Gasteiger partial charge in [0, 0.05) is 24.2 Å². The van der Waals surface area contributed by atoms with Crippen molar-refractivity contribution in [3.8, 4) is 11.1 Å². The summed E-state index contributed by atoms with van der Waals surface area (Å²) in [7, 11) is 0. The van der Waals surface area contributed by atoms with Crippen molar-refractivity contribution in [3.63, 3.8) is 0 Å². The molecule has 0 saturated carbocycles. The number of carbonyl (C=O) groups excluding carboxylic acids is 4. The number of hydrogen-bond acceptors (Lipinski definition) is 7. The number of ether oxygens (including phenoxy) is 2. The molecule has 1 unspecified atom stereocenters. The van der Waals surface area contributed by atoms with E-state index in [0.717, 1.165) is 27.8 Å². The zero-order valence-electron chi connectivity index (χ0n) is 29.4. The maximum atomic E-state index is 13.4. The van der Waals surface area contributed by atoms with Crippen molar-refractivity contribution >= 4 is 35.8 Å². The van der Waals surface area contributed by atoms with Crippen molar-refractivity contribution in [1.29, 1.82) is 0 Å². The minimum atomic E-state index is -0.991. The minimum Gasteiger partial charge on any atom is -0.481 e. The number of hydrogen-bond donors (Lipinski definition) is 6. The number of carboxylic acid groups (broad SMARTS) is 1. The number of carboxylic acids is 1. The number of amides is 5. The van der Waals surface area contributed by atoms with E-state index in [4.69, 9.17) is 15.2 Å². The molecule has 0 aromatic heterocycles. The van der Waals surface area contributed by atoms with E-state index >= 15 is 0 Å². The molecule has 13 nitrogen and oxygen atoms in total. The Kier molecular flexibility index (Phi) is 13.0. The Balaban J connectivity index is 1.39. The zero-order valence-corrected chi connectivity index (χ0v) is 29.4. The van der Waals surface area contributed by atoms with Crippen molar-refractivity contribution < 1.29 is 38.6 Å². The number of nitrogens with two attached hydrogens (primary N) is 1. The summed E-state index contributed by atoms with van der Waals surface area (Å²) in [5.41, 5.74) is 10.0. The lowest BCUT2D eigenvalue weighted by molar-refractivity contribution is -0.141. The second kappa shape index (κ2) is 17.4. The number of carbonyl (C=O) groups is 5. The third kappa shape index (κ3) is 11.5. The van der Waals surface area contributed by atoms with Gasteiger partial charge in [-0.05, 0) is 86.4 Å². The van der Waals surface area contributed by atoms with Crippen molar-refractivity contribution in [2.24, 2.45) is 11.7 Å². The number of primary amides is 1. The molecule has 51 heavy (non-hydrogen) atoms. The van der Waals surface area contributed by atoms with Crippen molar-refractivity contribution in [2.45, 2.75) is 77.0 Å². The Morgan fingerprint density at radius 2 is 1.47 bits per heavy atom. The van der Waals surface area contributed by atoms with Gasteiger partial charge in [-0.25, -0.2) is 14.4 Å². The highest BCUT2D eigenvalue weighted by atomic mass is 16.6. The molecule has 272 valence electrons. The van der Waals surface area contributed by atoms with Gasteiger partial charge in [0.25, 0.3) is 0 Å². The highest BCUT2D eigenvalue weighted by Crippen LogP contribution is 2.44. The SMILES string of the molecule is CC(C[C@H](Cc1ccc(NC(=O)[C@H](CCCNC(N)=O)NC(=O)OCC2c3ccccc3-c3ccccc32)cc1)NC(=O)OC(C)(C)C)C(=O)O. The van der Waals surface area contributed by atoms with Gasteiger partial charge in [0.1, 0.15) is 18.2 Å². The normalized spacial score (nSPS) is 13.8. The Bertz CT molecular complexity index is 1660. The van der Waals surface area contributed by atoms with Crippen LogP contribution in [0.2, 0.25) is 0 Å². The summed E-state index contributed by atoms with van der Waals surface area (Å²) in [6.07, 6.45) is -0.354. The summed E-state index contributed by atoms with van der Waals surface area (Å²) in [4.78, 5) is 61.7. The molecular weight excluding hydrogens is 654 g/mol. The molecule has 13 heteroatoms. The van der Waals surface area contributed by atoms with Gasteiger partial charge in [-0.3, -0.25) is 9.59 Å². The third-order valence-electron chi connectivity index (χ3n) is 8.41. The van der Waals surface area contributed by atoms with Gasteiger partial charge in [0.05, 0.1) is 5.92 Å². The van der Waals surface area contributed by atoms with Gasteiger partial charge in [0.2, 0.25) is 5.91 Å². The molecule has 3 atom stereocenters. The second-order valence-electron chi connectivity index (χ2n) is 13.7. The molecule has 0 radical (unpaired) electrons. The number of aliphatic carboxylic acids is 1. The summed E-state index contributed by atoms with van der Waals surface area (Å²) in [6, 6.07) is 20.6. The van der Waals surface area contributed by atoms with Gasteiger partial charge in [-0.15, -0.1) is 0 Å². The highest BCUT2D eigenvalue weighted by Gasteiger charge is 2.30. The summed E-state index contributed by atoms with van der Waals surface area (Å²) in [5.74, 6) is -2.33. The number of urea groups is 1. The van der Waals surface area contributed by atoms with Crippen LogP contribution >= 0.6 is 0 Å². The zero-order chi connectivity index (χ0) is 37.1. The highest BCUT2D eigenvalue weighted by molar-refractivity contribution is 5.96. The largest absolute Gasteiger partial charge is 0.481 e. The average molecular weight is 702 g/mol. The third-order valence-corrected chi connectivity index (χ3v) is 8.41. The van der Waals surface area contributed by atoms with Gasteiger partial charge >= 0.3 is 24.2 Å². The first-order valence-corrected chi connectivity index (χ1v) is 17.0. The quantitative estimate of drug-likeness (QED) is 0.111. The fourth-order valence-electron chi connectivity index (χ4n) is 6.00. The Morgan fingerprint density at radius 3 is 2.04 bits per heavy atom. The molecule has 0 spiro atoms. The van der Waals surface area contributed by atoms with Crippen LogP contribution in [0.25, 0.3) is 11.1 Å². The van der Waals surface area contributed by atoms with E-state index in [0.29, 0.717) is 18.5 Å². The molecule has 1 aliphatic carbocycles. The van der Waals surface area contributed by atoms with Crippen LogP contribution in [-0.2, 0) is 25.5 Å². The van der Waals surface area contributed by atoms with E-state index in [-0.39, 0.29) is 31.9 Å².